The molecule has 3 rings (SSSR count). The molecule has 0 aromatic heterocycles. The predicted molar refractivity (Wildman–Crippen MR) is 371 cm³/mol. The SMILES string of the molecule is CCCCCCCCCCCCCCCCCCCCCCCC/C=C/C(O)C(COC1OC(CO)C(OC2OC(CO)C(O)C(OC3(C(=O)O)CC(O)C(NC(C)=O)C(C(O)C(O)CO)O3)C2O)C(O)C1O)NC(=O)CCCCCCCCCCCCCCCCCCCCC. The first-order valence-electron chi connectivity index (χ1n) is 38.6. The molecule has 0 aliphatic carbocycles. The lowest BCUT2D eigenvalue weighted by Gasteiger charge is -2.50. The fraction of sp³-hybridized carbons (Fsp3) is 0.932. The maximum atomic E-state index is 13.5. The van der Waals surface area contributed by atoms with Crippen molar-refractivity contribution in [3.05, 3.63) is 12.2 Å². The van der Waals surface area contributed by atoms with Crippen LogP contribution in [0.1, 0.15) is 303 Å². The largest absolute Gasteiger partial charge is 0.477 e. The number of carbonyl (C=O) groups excluding carboxylic acids is 2. The highest BCUT2D eigenvalue weighted by Gasteiger charge is 2.60. The van der Waals surface area contributed by atoms with E-state index < -0.39 is 155 Å². The van der Waals surface area contributed by atoms with E-state index in [4.69, 9.17) is 28.4 Å². The van der Waals surface area contributed by atoms with Gasteiger partial charge in [0.25, 0.3) is 5.79 Å². The molecular weight excluding hydrogens is 1250 g/mol. The van der Waals surface area contributed by atoms with Gasteiger partial charge in [0.1, 0.15) is 67.1 Å². The van der Waals surface area contributed by atoms with Crippen molar-refractivity contribution in [3.63, 3.8) is 0 Å². The topological polar surface area (TPSA) is 373 Å². The molecule has 0 spiro atoms. The summed E-state index contributed by atoms with van der Waals surface area (Å²) in [5.74, 6) is -6.13. The Morgan fingerprint density at radius 2 is 0.959 bits per heavy atom. The molecule has 3 saturated heterocycles. The average Bonchev–Trinajstić information content (AvgIpc) is 0.758. The normalized spacial score (nSPS) is 27.4. The van der Waals surface area contributed by atoms with E-state index in [9.17, 15) is 75.7 Å². The van der Waals surface area contributed by atoms with Crippen molar-refractivity contribution in [2.45, 2.75) is 413 Å². The van der Waals surface area contributed by atoms with Crippen molar-refractivity contribution in [1.29, 1.82) is 0 Å². The van der Waals surface area contributed by atoms with Crippen molar-refractivity contribution in [2.24, 2.45) is 0 Å². The molecule has 2 amide bonds. The summed E-state index contributed by atoms with van der Waals surface area (Å²) in [6, 6.07) is -2.61. The Bertz CT molecular complexity index is 2000. The van der Waals surface area contributed by atoms with Crippen LogP contribution in [0.15, 0.2) is 12.2 Å². The summed E-state index contributed by atoms with van der Waals surface area (Å²) in [4.78, 5) is 38.6. The van der Waals surface area contributed by atoms with Crippen LogP contribution in [-0.4, -0.2) is 215 Å². The Kier molecular flexibility index (Phi) is 49.5. The molecule has 14 N–H and O–H groups in total. The van der Waals surface area contributed by atoms with E-state index in [-0.39, 0.29) is 12.3 Å². The van der Waals surface area contributed by atoms with Gasteiger partial charge in [0, 0.05) is 19.8 Å². The molecule has 23 heteroatoms. The van der Waals surface area contributed by atoms with E-state index in [0.29, 0.717) is 12.8 Å². The molecule has 3 fully saturated rings. The molecule has 0 saturated carbocycles. The van der Waals surface area contributed by atoms with Gasteiger partial charge in [0.15, 0.2) is 12.6 Å². The van der Waals surface area contributed by atoms with Crippen molar-refractivity contribution in [1.82, 2.24) is 10.6 Å². The fourth-order valence-electron chi connectivity index (χ4n) is 13.6. The number of aliphatic hydroxyl groups is 11. The van der Waals surface area contributed by atoms with Gasteiger partial charge in [-0.2, -0.15) is 0 Å². The van der Waals surface area contributed by atoms with Crippen molar-refractivity contribution in [3.8, 4) is 0 Å². The molecule has 97 heavy (non-hydrogen) atoms. The van der Waals surface area contributed by atoms with Gasteiger partial charge >= 0.3 is 5.97 Å². The maximum Gasteiger partial charge on any atom is 0.364 e. The van der Waals surface area contributed by atoms with Crippen LogP contribution in [0.2, 0.25) is 0 Å². The summed E-state index contributed by atoms with van der Waals surface area (Å²) in [7, 11) is 0. The molecular formula is C74H138N2O21. The smallest absolute Gasteiger partial charge is 0.364 e. The fourth-order valence-corrected chi connectivity index (χ4v) is 13.6. The van der Waals surface area contributed by atoms with Crippen LogP contribution in [0.4, 0.5) is 0 Å². The number of hydrogen-bond donors (Lipinski definition) is 14. The van der Waals surface area contributed by atoms with Gasteiger partial charge in [-0.3, -0.25) is 9.59 Å². The second kappa shape index (κ2) is 54.2. The highest BCUT2D eigenvalue weighted by molar-refractivity contribution is 5.77. The van der Waals surface area contributed by atoms with Gasteiger partial charge in [-0.1, -0.05) is 276 Å². The minimum absolute atomic E-state index is 0.205. The lowest BCUT2D eigenvalue weighted by atomic mass is 9.88. The van der Waals surface area contributed by atoms with Gasteiger partial charge in [0.05, 0.1) is 50.7 Å². The second-order valence-electron chi connectivity index (χ2n) is 28.2. The molecule has 23 nitrogen and oxygen atoms in total. The van der Waals surface area contributed by atoms with E-state index in [2.05, 4.69) is 24.5 Å². The number of nitrogens with one attached hydrogen (secondary N) is 2. The number of aliphatic carboxylic acids is 1. The summed E-state index contributed by atoms with van der Waals surface area (Å²) in [5.41, 5.74) is 0. The molecule has 0 bridgehead atoms. The minimum atomic E-state index is -3.08. The molecule has 3 aliphatic rings. The van der Waals surface area contributed by atoms with E-state index in [0.717, 1.165) is 51.9 Å². The molecule has 3 aliphatic heterocycles. The third kappa shape index (κ3) is 35.5. The lowest BCUT2D eigenvalue weighted by molar-refractivity contribution is -0.386. The minimum Gasteiger partial charge on any atom is -0.477 e. The molecule has 18 atom stereocenters. The first-order chi connectivity index (χ1) is 46.9. The summed E-state index contributed by atoms with van der Waals surface area (Å²) in [6.45, 7) is 2.19. The molecule has 0 aromatic carbocycles. The van der Waals surface area contributed by atoms with Crippen LogP contribution in [0.3, 0.4) is 0 Å². The summed E-state index contributed by atoms with van der Waals surface area (Å²) < 4.78 is 34.9. The number of allylic oxidation sites excluding steroid dienone is 1. The lowest BCUT2D eigenvalue weighted by Crippen LogP contribution is -2.70. The summed E-state index contributed by atoms with van der Waals surface area (Å²) in [6.07, 6.45) is 26.7. The van der Waals surface area contributed by atoms with Gasteiger partial charge < -0.3 is 100 Å². The third-order valence-electron chi connectivity index (χ3n) is 19.7. The van der Waals surface area contributed by atoms with Crippen molar-refractivity contribution >= 4 is 17.8 Å². The Balaban J connectivity index is 1.55. The summed E-state index contributed by atoms with van der Waals surface area (Å²) in [5, 5.41) is 136. The van der Waals surface area contributed by atoms with E-state index >= 15 is 0 Å². The molecule has 570 valence electrons. The third-order valence-corrected chi connectivity index (χ3v) is 19.7. The zero-order chi connectivity index (χ0) is 71.1. The number of hydrogen-bond acceptors (Lipinski definition) is 20. The zero-order valence-electron chi connectivity index (χ0n) is 60.0. The average molecular weight is 1390 g/mol. The van der Waals surface area contributed by atoms with Crippen molar-refractivity contribution < 1.29 is 104 Å². The number of carbonyl (C=O) groups is 3. The van der Waals surface area contributed by atoms with Gasteiger partial charge in [0.2, 0.25) is 11.8 Å². The first kappa shape index (κ1) is 88.7. The van der Waals surface area contributed by atoms with Gasteiger partial charge in [-0.25, -0.2) is 4.79 Å². The zero-order valence-corrected chi connectivity index (χ0v) is 60.0. The van der Waals surface area contributed by atoms with Crippen molar-refractivity contribution in [2.75, 3.05) is 26.4 Å². The highest BCUT2D eigenvalue weighted by atomic mass is 16.8. The molecule has 3 heterocycles. The number of aliphatic hydroxyl groups excluding tert-OH is 11. The van der Waals surface area contributed by atoms with Crippen LogP contribution in [0.25, 0.3) is 0 Å². The highest BCUT2D eigenvalue weighted by Crippen LogP contribution is 2.39. The van der Waals surface area contributed by atoms with Crippen LogP contribution in [-0.2, 0) is 42.8 Å². The molecule has 18 unspecified atom stereocenters. The van der Waals surface area contributed by atoms with Crippen LogP contribution < -0.4 is 10.6 Å². The van der Waals surface area contributed by atoms with Gasteiger partial charge in [-0.05, 0) is 19.3 Å². The van der Waals surface area contributed by atoms with Crippen LogP contribution in [0.5, 0.6) is 0 Å². The Morgan fingerprint density at radius 3 is 1.37 bits per heavy atom. The molecule has 0 aromatic rings. The number of rotatable bonds is 60. The van der Waals surface area contributed by atoms with E-state index in [1.165, 1.54) is 212 Å². The van der Waals surface area contributed by atoms with Crippen LogP contribution >= 0.6 is 0 Å². The number of amides is 2. The Hall–Kier alpha value is -2.53. The van der Waals surface area contributed by atoms with Crippen LogP contribution in [0, 0.1) is 0 Å². The summed E-state index contributed by atoms with van der Waals surface area (Å²) >= 11 is 0. The number of carboxylic acids is 1. The Labute approximate surface area is 581 Å². The Morgan fingerprint density at radius 1 is 0.536 bits per heavy atom. The predicted octanol–water partition coefficient (Wildman–Crippen LogP) is 9.02. The number of carboxylic acid groups (broad SMARTS) is 1. The monoisotopic (exact) mass is 1390 g/mol. The number of unbranched alkanes of at least 4 members (excludes halogenated alkanes) is 40. The maximum absolute atomic E-state index is 13.5. The van der Waals surface area contributed by atoms with Gasteiger partial charge in [-0.15, -0.1) is 0 Å². The number of ether oxygens (including phenoxy) is 6. The van der Waals surface area contributed by atoms with E-state index in [1.807, 2.05) is 6.08 Å². The second-order valence-corrected chi connectivity index (χ2v) is 28.2. The first-order valence-corrected chi connectivity index (χ1v) is 38.6. The molecule has 0 radical (unpaired) electrons. The van der Waals surface area contributed by atoms with E-state index in [1.54, 1.807) is 6.08 Å². The standard InChI is InChI=1S/C74H138N2O21/c1-4-6-8-10-12-14-16-18-20-22-24-25-26-27-28-30-31-33-35-37-39-41-43-45-47-56(81)55(76-61(84)48-46-44-42-40-38-36-34-32-29-23-21-19-17-15-13-11-9-7-5-2)53-92-71-66(88)65(87)68(60(52-79)94-71)95-72-67(89)70(64(86)59(51-78)93-72)97-74(73(90)91)49-57(82)62(75-54(3)80)69(96-74)63(85)58(83)50-77/h45,47,55-60,62-72,77-79,81-83,85-89H,4-44,46,48-53H2,1-3H3,(H,75,80)(H,76,84)(H,90,91)/b47-45+. The quantitative estimate of drug-likeness (QED) is 0.0199.